The quantitative estimate of drug-likeness (QED) is 0.738. The van der Waals surface area contributed by atoms with Gasteiger partial charge in [0.1, 0.15) is 0 Å². The lowest BCUT2D eigenvalue weighted by Crippen LogP contribution is -2.27. The molecule has 2 heterocycles. The second-order valence-corrected chi connectivity index (χ2v) is 6.81. The van der Waals surface area contributed by atoms with Crippen molar-refractivity contribution in [2.24, 2.45) is 0 Å². The summed E-state index contributed by atoms with van der Waals surface area (Å²) in [5, 5.41) is 12.9. The van der Waals surface area contributed by atoms with Crippen LogP contribution in [0, 0.1) is 11.3 Å². The second-order valence-electron chi connectivity index (χ2n) is 5.04. The molecule has 0 radical (unpaired) electrons. The van der Waals surface area contributed by atoms with Gasteiger partial charge in [0, 0.05) is 23.9 Å². The van der Waals surface area contributed by atoms with Gasteiger partial charge in [-0.15, -0.1) is 0 Å². The number of furan rings is 1. The summed E-state index contributed by atoms with van der Waals surface area (Å²) in [7, 11) is -3.61. The van der Waals surface area contributed by atoms with E-state index in [0.29, 0.717) is 12.1 Å². The van der Waals surface area contributed by atoms with Crippen molar-refractivity contribution in [2.75, 3.05) is 6.54 Å². The van der Waals surface area contributed by atoms with Gasteiger partial charge in [0.25, 0.3) is 0 Å². The Morgan fingerprint density at radius 1 is 1.21 bits per heavy atom. The lowest BCUT2D eigenvalue weighted by atomic mass is 10.2. The molecule has 0 bridgehead atoms. The first-order valence-corrected chi connectivity index (χ1v) is 8.62. The summed E-state index contributed by atoms with van der Waals surface area (Å²) in [5.41, 5.74) is 2.23. The van der Waals surface area contributed by atoms with Gasteiger partial charge in [0.2, 0.25) is 10.0 Å². The van der Waals surface area contributed by atoms with Crippen LogP contribution in [0.25, 0.3) is 11.1 Å². The molecule has 0 spiro atoms. The third-order valence-corrected chi connectivity index (χ3v) is 4.89. The minimum Gasteiger partial charge on any atom is -0.472 e. The summed E-state index contributed by atoms with van der Waals surface area (Å²) in [6.45, 7) is 0.599. The van der Waals surface area contributed by atoms with E-state index in [-0.39, 0.29) is 11.4 Å². The van der Waals surface area contributed by atoms with Crippen LogP contribution in [0.2, 0.25) is 0 Å². The zero-order valence-electron chi connectivity index (χ0n) is 12.6. The van der Waals surface area contributed by atoms with Crippen molar-refractivity contribution in [1.29, 1.82) is 5.26 Å². The molecule has 0 amide bonds. The average molecular weight is 342 g/mol. The van der Waals surface area contributed by atoms with E-state index in [1.807, 2.05) is 18.3 Å². The van der Waals surface area contributed by atoms with Crippen molar-refractivity contribution < 1.29 is 12.8 Å². The summed E-state index contributed by atoms with van der Waals surface area (Å²) in [6, 6.07) is 9.54. The van der Waals surface area contributed by atoms with Crippen molar-refractivity contribution in [1.82, 2.24) is 14.5 Å². The molecule has 1 N–H and O–H groups in total. The van der Waals surface area contributed by atoms with E-state index >= 15 is 0 Å². The molecule has 1 aromatic carbocycles. The number of aromatic nitrogens is 2. The monoisotopic (exact) mass is 342 g/mol. The summed E-state index contributed by atoms with van der Waals surface area (Å²) < 4.78 is 33.5. The number of rotatable bonds is 6. The Hall–Kier alpha value is -2.89. The van der Waals surface area contributed by atoms with E-state index in [9.17, 15) is 8.42 Å². The summed E-state index contributed by atoms with van der Waals surface area (Å²) in [6.07, 6.45) is 6.72. The van der Waals surface area contributed by atoms with Crippen LogP contribution in [0.3, 0.4) is 0 Å². The fourth-order valence-electron chi connectivity index (χ4n) is 2.15. The molecule has 0 aliphatic rings. The first-order valence-electron chi connectivity index (χ1n) is 7.13. The second kappa shape index (κ2) is 6.70. The Morgan fingerprint density at radius 3 is 2.67 bits per heavy atom. The SMILES string of the molecule is N#Cc1ccc(S(=O)(=O)NCCn2cc(-c3ccoc3)cn2)cc1. The molecule has 0 atom stereocenters. The zero-order valence-corrected chi connectivity index (χ0v) is 13.4. The normalized spacial score (nSPS) is 11.3. The number of benzene rings is 1. The van der Waals surface area contributed by atoms with Gasteiger partial charge in [-0.2, -0.15) is 10.4 Å². The van der Waals surface area contributed by atoms with Crippen molar-refractivity contribution in [3.05, 3.63) is 60.8 Å². The summed E-state index contributed by atoms with van der Waals surface area (Å²) >= 11 is 0. The van der Waals surface area contributed by atoms with Crippen LogP contribution in [0.15, 0.2) is 64.6 Å². The maximum absolute atomic E-state index is 12.2. The molecule has 8 heteroatoms. The van der Waals surface area contributed by atoms with Gasteiger partial charge >= 0.3 is 0 Å². The Kier molecular flexibility index (Phi) is 4.46. The van der Waals surface area contributed by atoms with Crippen LogP contribution in [-0.2, 0) is 16.6 Å². The molecule has 2 aromatic heterocycles. The van der Waals surface area contributed by atoms with Crippen LogP contribution >= 0.6 is 0 Å². The molecular weight excluding hydrogens is 328 g/mol. The minimum atomic E-state index is -3.61. The molecular formula is C16H14N4O3S. The molecule has 0 saturated carbocycles. The van der Waals surface area contributed by atoms with Gasteiger partial charge in [0.15, 0.2) is 0 Å². The highest BCUT2D eigenvalue weighted by Gasteiger charge is 2.13. The van der Waals surface area contributed by atoms with Gasteiger partial charge in [-0.1, -0.05) is 0 Å². The van der Waals surface area contributed by atoms with E-state index in [0.717, 1.165) is 11.1 Å². The minimum absolute atomic E-state index is 0.126. The first-order chi connectivity index (χ1) is 11.6. The highest BCUT2D eigenvalue weighted by molar-refractivity contribution is 7.89. The van der Waals surface area contributed by atoms with Crippen LogP contribution in [0.4, 0.5) is 0 Å². The Morgan fingerprint density at radius 2 is 2.00 bits per heavy atom. The third-order valence-electron chi connectivity index (χ3n) is 3.41. The van der Waals surface area contributed by atoms with Crippen LogP contribution in [0.1, 0.15) is 5.56 Å². The maximum atomic E-state index is 12.2. The Bertz CT molecular complexity index is 952. The summed E-state index contributed by atoms with van der Waals surface area (Å²) in [4.78, 5) is 0.126. The molecule has 0 aliphatic carbocycles. The highest BCUT2D eigenvalue weighted by atomic mass is 32.2. The van der Waals surface area contributed by atoms with Crippen LogP contribution < -0.4 is 4.72 Å². The molecule has 3 aromatic rings. The van der Waals surface area contributed by atoms with Crippen LogP contribution in [-0.4, -0.2) is 24.7 Å². The first kappa shape index (κ1) is 16.0. The van der Waals surface area contributed by atoms with Gasteiger partial charge < -0.3 is 4.42 Å². The molecule has 0 unspecified atom stereocenters. The Labute approximate surface area is 139 Å². The van der Waals surface area contributed by atoms with Crippen molar-refractivity contribution in [3.63, 3.8) is 0 Å². The molecule has 3 rings (SSSR count). The molecule has 122 valence electrons. The van der Waals surface area contributed by atoms with E-state index < -0.39 is 10.0 Å². The molecule has 7 nitrogen and oxygen atoms in total. The van der Waals surface area contributed by atoms with E-state index in [1.165, 1.54) is 24.3 Å². The lowest BCUT2D eigenvalue weighted by molar-refractivity contribution is 0.561. The number of nitriles is 1. The van der Waals surface area contributed by atoms with Gasteiger partial charge in [-0.3, -0.25) is 4.68 Å². The van der Waals surface area contributed by atoms with Crippen molar-refractivity contribution in [3.8, 4) is 17.2 Å². The van der Waals surface area contributed by atoms with Gasteiger partial charge in [-0.25, -0.2) is 13.1 Å². The topological polar surface area (TPSA) is 101 Å². The molecule has 0 saturated heterocycles. The number of nitrogens with one attached hydrogen (secondary N) is 1. The number of hydrogen-bond acceptors (Lipinski definition) is 5. The third kappa shape index (κ3) is 3.53. The lowest BCUT2D eigenvalue weighted by Gasteiger charge is -2.07. The fourth-order valence-corrected chi connectivity index (χ4v) is 3.17. The molecule has 24 heavy (non-hydrogen) atoms. The zero-order chi connectivity index (χ0) is 17.0. The van der Waals surface area contributed by atoms with Gasteiger partial charge in [-0.05, 0) is 30.3 Å². The van der Waals surface area contributed by atoms with Crippen LogP contribution in [0.5, 0.6) is 0 Å². The summed E-state index contributed by atoms with van der Waals surface area (Å²) in [5.74, 6) is 0. The standard InChI is InChI=1S/C16H14N4O3S/c17-9-13-1-3-16(4-2-13)24(21,22)19-6-7-20-11-15(10-18-20)14-5-8-23-12-14/h1-5,8,10-12,19H,6-7H2. The van der Waals surface area contributed by atoms with Crippen molar-refractivity contribution in [2.45, 2.75) is 11.4 Å². The van der Waals surface area contributed by atoms with E-state index in [4.69, 9.17) is 9.68 Å². The Balaban J connectivity index is 1.60. The largest absolute Gasteiger partial charge is 0.472 e. The number of nitrogens with zero attached hydrogens (tertiary/aromatic N) is 3. The number of sulfonamides is 1. The predicted octanol–water partition coefficient (Wildman–Crippen LogP) is 1.99. The van der Waals surface area contributed by atoms with Gasteiger partial charge in [0.05, 0.1) is 41.8 Å². The average Bonchev–Trinajstić information content (AvgIpc) is 3.26. The van der Waals surface area contributed by atoms with E-state index in [1.54, 1.807) is 23.4 Å². The predicted molar refractivity (Wildman–Crippen MR) is 86.3 cm³/mol. The number of hydrogen-bond donors (Lipinski definition) is 1. The fraction of sp³-hybridized carbons (Fsp3) is 0.125. The molecule has 0 fully saturated rings. The van der Waals surface area contributed by atoms with Crippen molar-refractivity contribution >= 4 is 10.0 Å². The molecule has 0 aliphatic heterocycles. The highest BCUT2D eigenvalue weighted by Crippen LogP contribution is 2.18. The van der Waals surface area contributed by atoms with E-state index in [2.05, 4.69) is 9.82 Å². The maximum Gasteiger partial charge on any atom is 0.240 e. The smallest absolute Gasteiger partial charge is 0.240 e.